The summed E-state index contributed by atoms with van der Waals surface area (Å²) in [5, 5.41) is 12.0. The van der Waals surface area contributed by atoms with Crippen molar-refractivity contribution in [2.24, 2.45) is 0 Å². The molecule has 0 atom stereocenters. The van der Waals surface area contributed by atoms with E-state index in [2.05, 4.69) is 134 Å². The molecule has 4 aromatic carbocycles. The average Bonchev–Trinajstić information content (AvgIpc) is 3.47. The molecule has 0 bridgehead atoms. The summed E-state index contributed by atoms with van der Waals surface area (Å²) >= 11 is 0. The molecule has 0 aliphatic heterocycles. The zero-order chi connectivity index (χ0) is 35.6. The second-order valence-corrected chi connectivity index (χ2v) is 16.4. The number of para-hydroxylation sites is 1. The number of hydrogen-bond donors (Lipinski definition) is 1. The van der Waals surface area contributed by atoms with Crippen molar-refractivity contribution in [3.05, 3.63) is 126 Å². The van der Waals surface area contributed by atoms with Crippen molar-refractivity contribution in [3.63, 3.8) is 0 Å². The van der Waals surface area contributed by atoms with E-state index in [1.54, 1.807) is 12.3 Å². The maximum atomic E-state index is 10.9. The third-order valence-electron chi connectivity index (χ3n) is 9.57. The summed E-state index contributed by atoms with van der Waals surface area (Å²) in [6.07, 6.45) is 3.80. The van der Waals surface area contributed by atoms with Gasteiger partial charge < -0.3 is 9.67 Å². The molecular weight excluding hydrogens is 808 g/mol. The molecule has 5 nitrogen and oxygen atoms in total. The fourth-order valence-electron chi connectivity index (χ4n) is 6.48. The van der Waals surface area contributed by atoms with Gasteiger partial charge in [0.1, 0.15) is 11.3 Å². The first-order chi connectivity index (χ1) is 23.6. The summed E-state index contributed by atoms with van der Waals surface area (Å²) in [7, 11) is 0. The van der Waals surface area contributed by atoms with Crippen LogP contribution in [0.5, 0.6) is 5.75 Å². The Morgan fingerprint density at radius 1 is 0.588 bits per heavy atom. The van der Waals surface area contributed by atoms with Gasteiger partial charge in [-0.15, -0.1) is 29.8 Å². The van der Waals surface area contributed by atoms with Crippen molar-refractivity contribution >= 4 is 22.1 Å². The summed E-state index contributed by atoms with van der Waals surface area (Å²) in [4.78, 5) is 15.2. The Hall–Kier alpha value is -4.60. The van der Waals surface area contributed by atoms with Gasteiger partial charge in [-0.3, -0.25) is 9.97 Å². The van der Waals surface area contributed by atoms with Crippen molar-refractivity contribution in [1.29, 1.82) is 0 Å². The molecule has 0 radical (unpaired) electrons. The van der Waals surface area contributed by atoms with Gasteiger partial charge in [0, 0.05) is 55.8 Å². The van der Waals surface area contributed by atoms with E-state index in [1.807, 2.05) is 30.5 Å². The fraction of sp³-hybridized carbons (Fsp3) is 0.267. The van der Waals surface area contributed by atoms with E-state index in [-0.39, 0.29) is 43.1 Å². The first-order valence-electron chi connectivity index (χ1n) is 17.3. The van der Waals surface area contributed by atoms with Gasteiger partial charge in [-0.1, -0.05) is 116 Å². The molecule has 3 aromatic heterocycles. The van der Waals surface area contributed by atoms with Gasteiger partial charge in [-0.2, -0.15) is 0 Å². The molecule has 7 rings (SSSR count). The monoisotopic (exact) mass is 852 g/mol. The maximum Gasteiger partial charge on any atom is 0.157 e. The van der Waals surface area contributed by atoms with Crippen LogP contribution in [-0.4, -0.2) is 24.6 Å². The van der Waals surface area contributed by atoms with E-state index in [4.69, 9.17) is 15.0 Å². The van der Waals surface area contributed by atoms with Gasteiger partial charge in [0.05, 0.1) is 5.82 Å². The van der Waals surface area contributed by atoms with Crippen LogP contribution in [0.25, 0.3) is 61.4 Å². The third-order valence-corrected chi connectivity index (χ3v) is 9.57. The first kappa shape index (κ1) is 36.2. The minimum Gasteiger partial charge on any atom is -0.507 e. The molecule has 0 aliphatic carbocycles. The van der Waals surface area contributed by atoms with Gasteiger partial charge >= 0.3 is 0 Å². The van der Waals surface area contributed by atoms with E-state index in [0.717, 1.165) is 44.7 Å². The van der Waals surface area contributed by atoms with Crippen LogP contribution in [0.1, 0.15) is 79.0 Å². The molecule has 0 fully saturated rings. The molecule has 3 heterocycles. The summed E-state index contributed by atoms with van der Waals surface area (Å²) in [5.41, 5.74) is 11.3. The van der Waals surface area contributed by atoms with E-state index in [1.165, 1.54) is 16.7 Å². The molecule has 51 heavy (non-hydrogen) atoms. The number of imidazole rings is 1. The number of benzene rings is 4. The second-order valence-electron chi connectivity index (χ2n) is 16.4. The zero-order valence-electron chi connectivity index (χ0n) is 30.9. The normalized spacial score (nSPS) is 12.3. The van der Waals surface area contributed by atoms with E-state index >= 15 is 0 Å². The zero-order valence-corrected chi connectivity index (χ0v) is 33.1. The van der Waals surface area contributed by atoms with Crippen molar-refractivity contribution in [3.8, 4) is 45.1 Å². The van der Waals surface area contributed by atoms with Gasteiger partial charge in [0.15, 0.2) is 5.65 Å². The molecule has 0 saturated heterocycles. The number of pyridine rings is 2. The minimum atomic E-state index is -0.0590. The van der Waals surface area contributed by atoms with E-state index < -0.39 is 0 Å². The number of nitrogens with zero attached hydrogens (tertiary/aromatic N) is 4. The molecular formula is C45H45N4OPt-. The van der Waals surface area contributed by atoms with Crippen LogP contribution < -0.4 is 0 Å². The molecule has 7 aromatic rings. The summed E-state index contributed by atoms with van der Waals surface area (Å²) in [6.45, 7) is 20.1. The Bertz CT molecular complexity index is 2380. The van der Waals surface area contributed by atoms with Crippen LogP contribution in [0.3, 0.4) is 0 Å². The number of phenols is 1. The first-order valence-corrected chi connectivity index (χ1v) is 17.3. The van der Waals surface area contributed by atoms with Crippen LogP contribution in [0, 0.1) is 6.07 Å². The van der Waals surface area contributed by atoms with Gasteiger partial charge in [-0.05, 0) is 68.7 Å². The Kier molecular flexibility index (Phi) is 9.36. The van der Waals surface area contributed by atoms with Crippen molar-refractivity contribution in [2.75, 3.05) is 0 Å². The van der Waals surface area contributed by atoms with Crippen LogP contribution in [0.2, 0.25) is 0 Å². The van der Waals surface area contributed by atoms with Crippen LogP contribution in [0.15, 0.2) is 103 Å². The molecule has 0 spiro atoms. The largest absolute Gasteiger partial charge is 0.507 e. The van der Waals surface area contributed by atoms with E-state index in [0.29, 0.717) is 16.7 Å². The van der Waals surface area contributed by atoms with Gasteiger partial charge in [0.25, 0.3) is 0 Å². The van der Waals surface area contributed by atoms with Crippen molar-refractivity contribution < 1.29 is 26.2 Å². The Balaban J connectivity index is 0.00000448. The van der Waals surface area contributed by atoms with Crippen molar-refractivity contribution in [2.45, 2.75) is 78.6 Å². The topological polar surface area (TPSA) is 63.8 Å². The molecule has 0 unspecified atom stereocenters. The van der Waals surface area contributed by atoms with Crippen molar-refractivity contribution in [1.82, 2.24) is 19.5 Å². The molecule has 262 valence electrons. The summed E-state index contributed by atoms with van der Waals surface area (Å²) in [5.74, 6) is 0.923. The van der Waals surface area contributed by atoms with Gasteiger partial charge in [0.2, 0.25) is 0 Å². The Labute approximate surface area is 316 Å². The molecule has 0 amide bonds. The van der Waals surface area contributed by atoms with E-state index in [9.17, 15) is 5.11 Å². The second kappa shape index (κ2) is 13.2. The van der Waals surface area contributed by atoms with Crippen LogP contribution in [0.4, 0.5) is 0 Å². The smallest absolute Gasteiger partial charge is 0.157 e. The molecule has 0 saturated carbocycles. The summed E-state index contributed by atoms with van der Waals surface area (Å²) < 4.78 is 2.11. The number of fused-ring (bicyclic) bond motifs is 2. The molecule has 1 N–H and O–H groups in total. The third kappa shape index (κ3) is 6.89. The van der Waals surface area contributed by atoms with Crippen LogP contribution >= 0.6 is 0 Å². The predicted molar refractivity (Wildman–Crippen MR) is 207 cm³/mol. The SMILES string of the molecule is CC(C)(C)c1ccc(-n2c(-c3[c-]c(-c4cc(C(C)(C)C)cc5cc(C(C)(C)C)cnc45)ccc3)nc3c(-c4ccccc4O)ccnc32)cc1.[Pt]. The fourth-order valence-corrected chi connectivity index (χ4v) is 6.48. The number of aromatic nitrogens is 4. The summed E-state index contributed by atoms with van der Waals surface area (Å²) in [6, 6.07) is 34.8. The molecule has 6 heteroatoms. The number of phenolic OH excluding ortho intramolecular Hbond substituents is 1. The van der Waals surface area contributed by atoms with Gasteiger partial charge in [-0.25, -0.2) is 4.98 Å². The number of rotatable bonds is 4. The van der Waals surface area contributed by atoms with Crippen LogP contribution in [-0.2, 0) is 37.3 Å². The maximum absolute atomic E-state index is 10.9. The number of hydrogen-bond acceptors (Lipinski definition) is 4. The Morgan fingerprint density at radius 3 is 1.90 bits per heavy atom. The standard InChI is InChI=1S/C45H45N4O.Pt/c1-43(2,3)31-17-19-34(20-18-31)49-41(48-40-36(21-22-46-42(40)49)35-15-10-11-16-38(35)50)29-14-12-13-28(23-29)37-26-32(44(4,5)6)24-30-25-33(45(7,8)9)27-47-39(30)37;/h10-22,24-27,50H,1-9H3;/q-1;. The Morgan fingerprint density at radius 2 is 1.24 bits per heavy atom. The molecule has 0 aliphatic rings. The minimum absolute atomic E-state index is 0. The predicted octanol–water partition coefficient (Wildman–Crippen LogP) is 11.4. The number of aromatic hydroxyl groups is 1. The quantitative estimate of drug-likeness (QED) is 0.179. The average molecular weight is 853 g/mol.